The Labute approximate surface area is 95.9 Å². The molecule has 0 radical (unpaired) electrons. The summed E-state index contributed by atoms with van der Waals surface area (Å²) in [6, 6.07) is 5.32. The summed E-state index contributed by atoms with van der Waals surface area (Å²) in [6.07, 6.45) is -0.405. The molecular formula is C12H18N2O2. The minimum Gasteiger partial charge on any atom is -0.449 e. The maximum atomic E-state index is 9.77. The highest BCUT2D eigenvalue weighted by Crippen LogP contribution is 2.18. The van der Waals surface area contributed by atoms with E-state index in [1.54, 1.807) is 12.1 Å². The van der Waals surface area contributed by atoms with Crippen LogP contribution in [0.5, 0.6) is 0 Å². The van der Waals surface area contributed by atoms with Crippen molar-refractivity contribution in [3.63, 3.8) is 0 Å². The second-order valence-electron chi connectivity index (χ2n) is 4.89. The van der Waals surface area contributed by atoms with Gasteiger partial charge in [-0.2, -0.15) is 5.26 Å². The predicted molar refractivity (Wildman–Crippen MR) is 60.6 cm³/mol. The first-order valence-electron chi connectivity index (χ1n) is 5.31. The number of furan rings is 1. The van der Waals surface area contributed by atoms with E-state index in [0.29, 0.717) is 24.6 Å². The number of rotatable bonds is 4. The van der Waals surface area contributed by atoms with Crippen molar-refractivity contribution >= 4 is 0 Å². The standard InChI is InChI=1S/C12H18N2O2/c1-12(2,3)11(15)8-14-7-10-5-4-9(6-13)16-10/h4-5,11,14-15H,7-8H2,1-3H3. The fourth-order valence-electron chi connectivity index (χ4n) is 1.17. The molecule has 0 aliphatic rings. The Bertz CT molecular complexity index is 371. The molecule has 88 valence electrons. The Morgan fingerprint density at radius 1 is 1.50 bits per heavy atom. The molecule has 0 spiro atoms. The number of aliphatic hydroxyl groups excluding tert-OH is 1. The van der Waals surface area contributed by atoms with E-state index >= 15 is 0 Å². The van der Waals surface area contributed by atoms with E-state index in [-0.39, 0.29) is 5.41 Å². The maximum Gasteiger partial charge on any atom is 0.203 e. The van der Waals surface area contributed by atoms with Gasteiger partial charge in [-0.1, -0.05) is 20.8 Å². The van der Waals surface area contributed by atoms with Crippen molar-refractivity contribution in [3.8, 4) is 6.07 Å². The van der Waals surface area contributed by atoms with Crippen LogP contribution in [-0.4, -0.2) is 17.8 Å². The normalized spacial score (nSPS) is 13.4. The van der Waals surface area contributed by atoms with Crippen molar-refractivity contribution in [2.75, 3.05) is 6.54 Å². The molecule has 0 saturated carbocycles. The molecule has 0 aliphatic heterocycles. The minimum atomic E-state index is -0.405. The molecule has 1 heterocycles. The summed E-state index contributed by atoms with van der Waals surface area (Å²) < 4.78 is 5.19. The zero-order chi connectivity index (χ0) is 12.2. The fourth-order valence-corrected chi connectivity index (χ4v) is 1.17. The SMILES string of the molecule is CC(C)(C)C(O)CNCc1ccc(C#N)o1. The highest BCUT2D eigenvalue weighted by Gasteiger charge is 2.21. The molecule has 0 saturated heterocycles. The lowest BCUT2D eigenvalue weighted by molar-refractivity contribution is 0.0624. The quantitative estimate of drug-likeness (QED) is 0.812. The van der Waals surface area contributed by atoms with Gasteiger partial charge < -0.3 is 14.8 Å². The summed E-state index contributed by atoms with van der Waals surface area (Å²) in [5, 5.41) is 21.4. The second-order valence-corrected chi connectivity index (χ2v) is 4.89. The molecule has 1 atom stereocenters. The largest absolute Gasteiger partial charge is 0.449 e. The Morgan fingerprint density at radius 3 is 2.69 bits per heavy atom. The molecule has 0 aliphatic carbocycles. The first-order valence-corrected chi connectivity index (χ1v) is 5.31. The molecule has 0 fully saturated rings. The highest BCUT2D eigenvalue weighted by atomic mass is 16.3. The molecule has 16 heavy (non-hydrogen) atoms. The lowest BCUT2D eigenvalue weighted by atomic mass is 9.89. The van der Waals surface area contributed by atoms with E-state index in [9.17, 15) is 5.11 Å². The van der Waals surface area contributed by atoms with Gasteiger partial charge in [0.05, 0.1) is 12.6 Å². The van der Waals surface area contributed by atoms with Crippen LogP contribution >= 0.6 is 0 Å². The van der Waals surface area contributed by atoms with E-state index in [4.69, 9.17) is 9.68 Å². The molecule has 0 aromatic carbocycles. The number of aliphatic hydroxyl groups is 1. The summed E-state index contributed by atoms with van der Waals surface area (Å²) >= 11 is 0. The van der Waals surface area contributed by atoms with Crippen LogP contribution in [0.3, 0.4) is 0 Å². The number of hydrogen-bond donors (Lipinski definition) is 2. The molecule has 2 N–H and O–H groups in total. The lowest BCUT2D eigenvalue weighted by Gasteiger charge is -2.25. The number of hydrogen-bond acceptors (Lipinski definition) is 4. The van der Waals surface area contributed by atoms with Gasteiger partial charge in [0.15, 0.2) is 0 Å². The van der Waals surface area contributed by atoms with Gasteiger partial charge in [-0.25, -0.2) is 0 Å². The van der Waals surface area contributed by atoms with Crippen molar-refractivity contribution in [3.05, 3.63) is 23.7 Å². The van der Waals surface area contributed by atoms with Crippen LogP contribution in [0.15, 0.2) is 16.5 Å². The number of nitrogens with one attached hydrogen (secondary N) is 1. The first-order chi connectivity index (χ1) is 7.43. The van der Waals surface area contributed by atoms with Gasteiger partial charge in [-0.3, -0.25) is 0 Å². The van der Waals surface area contributed by atoms with Gasteiger partial charge in [-0.15, -0.1) is 0 Å². The van der Waals surface area contributed by atoms with Crippen molar-refractivity contribution in [1.82, 2.24) is 5.32 Å². The predicted octanol–water partition coefficient (Wildman–Crippen LogP) is 1.65. The van der Waals surface area contributed by atoms with Crippen molar-refractivity contribution in [2.45, 2.75) is 33.4 Å². The molecule has 1 unspecified atom stereocenters. The summed E-state index contributed by atoms with van der Waals surface area (Å²) in [5.41, 5.74) is -0.131. The number of nitriles is 1. The van der Waals surface area contributed by atoms with Gasteiger partial charge in [0.2, 0.25) is 5.76 Å². The molecule has 1 aromatic rings. The second kappa shape index (κ2) is 5.15. The zero-order valence-electron chi connectivity index (χ0n) is 9.95. The topological polar surface area (TPSA) is 69.2 Å². The molecule has 0 bridgehead atoms. The summed E-state index contributed by atoms with van der Waals surface area (Å²) in [6.45, 7) is 6.99. The van der Waals surface area contributed by atoms with Gasteiger partial charge in [0, 0.05) is 6.54 Å². The van der Waals surface area contributed by atoms with Gasteiger partial charge in [-0.05, 0) is 17.5 Å². The maximum absolute atomic E-state index is 9.77. The Morgan fingerprint density at radius 2 is 2.19 bits per heavy atom. The third kappa shape index (κ3) is 3.69. The molecule has 4 nitrogen and oxygen atoms in total. The Hall–Kier alpha value is -1.31. The van der Waals surface area contributed by atoms with Crippen molar-refractivity contribution in [2.24, 2.45) is 5.41 Å². The van der Waals surface area contributed by atoms with Crippen LogP contribution in [0.25, 0.3) is 0 Å². The van der Waals surface area contributed by atoms with E-state index in [1.807, 2.05) is 26.8 Å². The summed E-state index contributed by atoms with van der Waals surface area (Å²) in [5.74, 6) is 1.02. The fraction of sp³-hybridized carbons (Fsp3) is 0.583. The minimum absolute atomic E-state index is 0.131. The van der Waals surface area contributed by atoms with Crippen LogP contribution < -0.4 is 5.32 Å². The summed E-state index contributed by atoms with van der Waals surface area (Å²) in [4.78, 5) is 0. The lowest BCUT2D eigenvalue weighted by Crippen LogP contribution is -2.36. The van der Waals surface area contributed by atoms with Crippen LogP contribution in [-0.2, 0) is 6.54 Å². The van der Waals surface area contributed by atoms with Crippen molar-refractivity contribution < 1.29 is 9.52 Å². The molecule has 4 heteroatoms. The van der Waals surface area contributed by atoms with Gasteiger partial charge in [0.1, 0.15) is 11.8 Å². The zero-order valence-corrected chi connectivity index (χ0v) is 9.95. The van der Waals surface area contributed by atoms with E-state index in [0.717, 1.165) is 0 Å². The van der Waals surface area contributed by atoms with E-state index < -0.39 is 6.10 Å². The van der Waals surface area contributed by atoms with Crippen LogP contribution in [0.1, 0.15) is 32.3 Å². The smallest absolute Gasteiger partial charge is 0.203 e. The van der Waals surface area contributed by atoms with Crippen molar-refractivity contribution in [1.29, 1.82) is 5.26 Å². The van der Waals surface area contributed by atoms with E-state index in [1.165, 1.54) is 0 Å². The Kier molecular flexibility index (Phi) is 4.11. The third-order valence-corrected chi connectivity index (χ3v) is 2.41. The van der Waals surface area contributed by atoms with Gasteiger partial charge in [0.25, 0.3) is 0 Å². The summed E-state index contributed by atoms with van der Waals surface area (Å²) in [7, 11) is 0. The average molecular weight is 222 g/mol. The highest BCUT2D eigenvalue weighted by molar-refractivity contribution is 5.18. The molecule has 1 rings (SSSR count). The molecular weight excluding hydrogens is 204 g/mol. The molecule has 0 amide bonds. The Balaban J connectivity index is 2.34. The van der Waals surface area contributed by atoms with Crippen LogP contribution in [0, 0.1) is 16.7 Å². The van der Waals surface area contributed by atoms with E-state index in [2.05, 4.69) is 5.32 Å². The van der Waals surface area contributed by atoms with Crippen LogP contribution in [0.2, 0.25) is 0 Å². The number of nitrogens with zero attached hydrogens (tertiary/aromatic N) is 1. The average Bonchev–Trinajstić information content (AvgIpc) is 2.64. The monoisotopic (exact) mass is 222 g/mol. The first kappa shape index (κ1) is 12.8. The van der Waals surface area contributed by atoms with Gasteiger partial charge >= 0.3 is 0 Å². The molecule has 1 aromatic heterocycles. The van der Waals surface area contributed by atoms with Crippen LogP contribution in [0.4, 0.5) is 0 Å². The third-order valence-electron chi connectivity index (χ3n) is 2.41.